The molecule has 5 rings (SSSR count). The van der Waals surface area contributed by atoms with Gasteiger partial charge in [0.1, 0.15) is 11.7 Å². The van der Waals surface area contributed by atoms with Crippen molar-refractivity contribution < 1.29 is 19.4 Å². The van der Waals surface area contributed by atoms with Crippen molar-refractivity contribution in [1.82, 2.24) is 19.9 Å². The second-order valence-corrected chi connectivity index (χ2v) is 12.2. The van der Waals surface area contributed by atoms with E-state index in [1.165, 1.54) is 32.1 Å². The zero-order valence-corrected chi connectivity index (χ0v) is 22.5. The van der Waals surface area contributed by atoms with Crippen molar-refractivity contribution in [2.45, 2.75) is 115 Å². The van der Waals surface area contributed by atoms with E-state index in [0.29, 0.717) is 36.6 Å². The van der Waals surface area contributed by atoms with E-state index in [-0.39, 0.29) is 23.5 Å². The van der Waals surface area contributed by atoms with Gasteiger partial charge in [0.25, 0.3) is 12.4 Å². The molecule has 3 aliphatic rings. The number of carbonyl (C=O) groups excluding carboxylic acids is 2. The first-order chi connectivity index (χ1) is 17.6. The topological polar surface area (TPSA) is 106 Å². The Hall–Kier alpha value is -2.74. The molecule has 0 bridgehead atoms. The molecule has 200 valence electrons. The Morgan fingerprint density at radius 2 is 1.92 bits per heavy atom. The zero-order valence-electron chi connectivity index (χ0n) is 22.5. The minimum atomic E-state index is -1.17. The molecule has 0 aromatic carbocycles. The predicted molar refractivity (Wildman–Crippen MR) is 140 cm³/mol. The summed E-state index contributed by atoms with van der Waals surface area (Å²) >= 11 is 0. The van der Waals surface area contributed by atoms with Crippen molar-refractivity contribution in [2.75, 3.05) is 0 Å². The van der Waals surface area contributed by atoms with E-state index in [4.69, 9.17) is 14.7 Å². The van der Waals surface area contributed by atoms with Crippen LogP contribution < -0.4 is 5.32 Å². The monoisotopic (exact) mass is 508 g/mol. The second kappa shape index (κ2) is 9.86. The summed E-state index contributed by atoms with van der Waals surface area (Å²) in [4.78, 5) is 33.6. The first kappa shape index (κ1) is 25.9. The Morgan fingerprint density at radius 1 is 1.22 bits per heavy atom. The third kappa shape index (κ3) is 5.44. The van der Waals surface area contributed by atoms with Crippen LogP contribution in [0.15, 0.2) is 12.1 Å². The van der Waals surface area contributed by atoms with Crippen LogP contribution in [0.1, 0.15) is 106 Å². The highest BCUT2D eigenvalue weighted by Crippen LogP contribution is 2.47. The molecule has 2 aromatic heterocycles. The molecule has 1 amide bonds. The fourth-order valence-electron chi connectivity index (χ4n) is 5.69. The van der Waals surface area contributed by atoms with Gasteiger partial charge in [0.05, 0.1) is 22.6 Å². The molecule has 3 fully saturated rings. The maximum Gasteiger partial charge on any atom is 0.293 e. The lowest BCUT2D eigenvalue weighted by molar-refractivity contribution is -0.138. The van der Waals surface area contributed by atoms with Crippen molar-refractivity contribution >= 4 is 12.4 Å². The molecule has 37 heavy (non-hydrogen) atoms. The molecule has 8 heteroatoms. The van der Waals surface area contributed by atoms with E-state index in [0.717, 1.165) is 42.2 Å². The Bertz CT molecular complexity index is 1140. The fourth-order valence-corrected chi connectivity index (χ4v) is 5.69. The SMILES string of the molecule is Cc1c(C(=O)NC2CC(OC=O)C2)cc(-c2cc(C3(C)CC3)nc(C(C)(C)O)n2)n1CC1CCCCC1. The molecular weight excluding hydrogens is 468 g/mol. The van der Waals surface area contributed by atoms with Gasteiger partial charge in [-0.15, -0.1) is 0 Å². The van der Waals surface area contributed by atoms with Gasteiger partial charge in [-0.25, -0.2) is 9.97 Å². The number of carbonyl (C=O) groups is 2. The lowest BCUT2D eigenvalue weighted by Crippen LogP contribution is -2.47. The van der Waals surface area contributed by atoms with Crippen LogP contribution in [-0.4, -0.2) is 44.2 Å². The van der Waals surface area contributed by atoms with Crippen LogP contribution >= 0.6 is 0 Å². The van der Waals surface area contributed by atoms with Gasteiger partial charge >= 0.3 is 0 Å². The Kier molecular flexibility index (Phi) is 6.90. The Balaban J connectivity index is 1.51. The third-order valence-electron chi connectivity index (χ3n) is 8.61. The number of nitrogens with one attached hydrogen (secondary N) is 1. The lowest BCUT2D eigenvalue weighted by atomic mass is 9.89. The van der Waals surface area contributed by atoms with Crippen LogP contribution in [-0.2, 0) is 27.1 Å². The number of aromatic nitrogens is 3. The maximum absolute atomic E-state index is 13.4. The summed E-state index contributed by atoms with van der Waals surface area (Å²) in [6.45, 7) is 8.99. The van der Waals surface area contributed by atoms with Gasteiger partial charge in [0, 0.05) is 36.5 Å². The molecule has 0 aliphatic heterocycles. The number of hydrogen-bond acceptors (Lipinski definition) is 6. The highest BCUT2D eigenvalue weighted by molar-refractivity contribution is 5.97. The number of ether oxygens (including phenoxy) is 1. The summed E-state index contributed by atoms with van der Waals surface area (Å²) < 4.78 is 7.26. The minimum absolute atomic E-state index is 0.00394. The molecule has 2 heterocycles. The average molecular weight is 509 g/mol. The molecule has 0 unspecified atom stereocenters. The molecule has 8 nitrogen and oxygen atoms in total. The zero-order chi connectivity index (χ0) is 26.4. The molecule has 3 aliphatic carbocycles. The summed E-state index contributed by atoms with van der Waals surface area (Å²) in [6.07, 6.45) is 9.49. The van der Waals surface area contributed by atoms with Crippen molar-refractivity contribution in [3.8, 4) is 11.4 Å². The third-order valence-corrected chi connectivity index (χ3v) is 8.61. The van der Waals surface area contributed by atoms with Gasteiger partial charge in [0.15, 0.2) is 5.82 Å². The lowest BCUT2D eigenvalue weighted by Gasteiger charge is -2.34. The van der Waals surface area contributed by atoms with Crippen molar-refractivity contribution in [3.63, 3.8) is 0 Å². The maximum atomic E-state index is 13.4. The molecule has 2 aromatic rings. The van der Waals surface area contributed by atoms with E-state index in [1.54, 1.807) is 13.8 Å². The molecule has 0 atom stereocenters. The highest BCUT2D eigenvalue weighted by Gasteiger charge is 2.42. The van der Waals surface area contributed by atoms with Gasteiger partial charge < -0.3 is 19.7 Å². The normalized spacial score (nSPS) is 23.3. The first-order valence-corrected chi connectivity index (χ1v) is 13.8. The van der Waals surface area contributed by atoms with Crippen molar-refractivity contribution in [2.24, 2.45) is 5.92 Å². The summed E-state index contributed by atoms with van der Waals surface area (Å²) in [5, 5.41) is 13.9. The largest absolute Gasteiger partial charge is 0.464 e. The quantitative estimate of drug-likeness (QED) is 0.482. The van der Waals surface area contributed by atoms with Crippen LogP contribution in [0.5, 0.6) is 0 Å². The van der Waals surface area contributed by atoms with Gasteiger partial charge in [-0.2, -0.15) is 0 Å². The Labute approximate surface area is 219 Å². The Morgan fingerprint density at radius 3 is 2.54 bits per heavy atom. The number of nitrogens with zero attached hydrogens (tertiary/aromatic N) is 3. The van der Waals surface area contributed by atoms with E-state index in [1.807, 2.05) is 13.0 Å². The molecule has 0 saturated heterocycles. The van der Waals surface area contributed by atoms with E-state index in [9.17, 15) is 14.7 Å². The summed E-state index contributed by atoms with van der Waals surface area (Å²) in [7, 11) is 0. The standard InChI is InChI=1S/C29H40N4O4/c1-18-22(26(35)30-20-12-21(13-20)37-17-34)14-24(33(18)16-19-8-6-5-7-9-19)23-15-25(29(4)10-11-29)32-27(31-23)28(2,3)36/h14-15,17,19-21,36H,5-13,16H2,1-4H3,(H,30,35). The first-order valence-electron chi connectivity index (χ1n) is 13.8. The second-order valence-electron chi connectivity index (χ2n) is 12.2. The van der Waals surface area contributed by atoms with Crippen LogP contribution in [0.4, 0.5) is 0 Å². The minimum Gasteiger partial charge on any atom is -0.464 e. The van der Waals surface area contributed by atoms with Crippen molar-refractivity contribution in [3.05, 3.63) is 34.9 Å². The molecule has 2 N–H and O–H groups in total. The molecule has 3 saturated carbocycles. The van der Waals surface area contributed by atoms with E-state index in [2.05, 4.69) is 22.9 Å². The molecule has 0 spiro atoms. The van der Waals surface area contributed by atoms with Gasteiger partial charge in [-0.1, -0.05) is 26.2 Å². The predicted octanol–water partition coefficient (Wildman–Crippen LogP) is 4.55. The van der Waals surface area contributed by atoms with Crippen LogP contribution in [0.3, 0.4) is 0 Å². The number of rotatable bonds is 9. The van der Waals surface area contributed by atoms with Crippen LogP contribution in [0, 0.1) is 12.8 Å². The van der Waals surface area contributed by atoms with Gasteiger partial charge in [-0.05, 0) is 64.5 Å². The number of hydrogen-bond donors (Lipinski definition) is 2. The van der Waals surface area contributed by atoms with Crippen LogP contribution in [0.2, 0.25) is 0 Å². The number of amides is 1. The van der Waals surface area contributed by atoms with E-state index >= 15 is 0 Å². The van der Waals surface area contributed by atoms with Gasteiger partial charge in [-0.3, -0.25) is 9.59 Å². The highest BCUT2D eigenvalue weighted by atomic mass is 16.5. The van der Waals surface area contributed by atoms with E-state index < -0.39 is 5.60 Å². The van der Waals surface area contributed by atoms with Crippen LogP contribution in [0.25, 0.3) is 11.4 Å². The van der Waals surface area contributed by atoms with Crippen molar-refractivity contribution in [1.29, 1.82) is 0 Å². The summed E-state index contributed by atoms with van der Waals surface area (Å²) in [5.41, 5.74) is 3.04. The molecular formula is C29H40N4O4. The smallest absolute Gasteiger partial charge is 0.293 e. The summed E-state index contributed by atoms with van der Waals surface area (Å²) in [5.74, 6) is 0.873. The average Bonchev–Trinajstić information content (AvgIpc) is 3.52. The summed E-state index contributed by atoms with van der Waals surface area (Å²) in [6, 6.07) is 4.02. The number of aliphatic hydroxyl groups is 1. The van der Waals surface area contributed by atoms with Gasteiger partial charge in [0.2, 0.25) is 0 Å². The molecule has 0 radical (unpaired) electrons. The fraction of sp³-hybridized carbons (Fsp3) is 0.655.